The zero-order valence-electron chi connectivity index (χ0n) is 69.6. The number of carbonyl (C=O) groups is 2. The summed E-state index contributed by atoms with van der Waals surface area (Å²) in [4.78, 5) is 27.4. The molecule has 61 nitrogen and oxygen atoms in total. The standard InChI is InChI=1S/C72H118O61/c1-11-21(79)31(89)40(98)64(113-11)129-53-51(44(102)61(110)123-56(53)59(106)107)127-68-45(103)49(29(87)17(7-77)119-68)125-70-47(105)50(30(88)20(122-70)10-112-63-39(97)33(91)24(82)14(4-74)116-63)126-72-58(133-66-42(100)35(93)26(84)16(6-76)118-66)55(54(57(132-72)60(108)109)131-71-52(37(95)22(80)12(2)114-71)128-65-41(99)34(92)25(83)15(5-75)117-65)130-69-46(104)48(28(86)18(8-78)120-69)124-67-43(101)36(94)27(85)19(121-67)9-111-62-38(96)32(90)23(81)13(3-73)115-62/h11-58,61-105,110H,3-10H2,1-2H3,(H,106,107)(H,108,109)/t11-,12-,13+,14+,15+,16+,17+,18+,19+,20+,21-,22-,23-,24-,25-,26-,27+,28+,29+,30+,31+,32-,33-,34-,35-,36-,37+,38+,39+,40+,41+,42+,43-,44+,45+,46+,47-,48-,49-,50-,51+,52+,53-,54-,55-,56-,57-,58+,61-,62+,63+,64-,65-,66+,67+,68-,69-,70+,71-,72-/m0/s1. The third kappa shape index (κ3) is 22.5. The van der Waals surface area contributed by atoms with Gasteiger partial charge < -0.3 is 293 Å². The third-order valence-corrected chi connectivity index (χ3v) is 24.9. The quantitative estimate of drug-likeness (QED) is 0.0297. The number of hydrogen-bond acceptors (Lipinski definition) is 59. The number of ether oxygens (including phenoxy) is 23. The summed E-state index contributed by atoms with van der Waals surface area (Å²) < 4.78 is 134. The van der Waals surface area contributed by atoms with E-state index in [0.29, 0.717) is 0 Å². The van der Waals surface area contributed by atoms with Gasteiger partial charge in [-0.2, -0.15) is 0 Å². The van der Waals surface area contributed by atoms with E-state index in [1.54, 1.807) is 0 Å². The van der Waals surface area contributed by atoms with Crippen molar-refractivity contribution in [3.05, 3.63) is 0 Å². The highest BCUT2D eigenvalue weighted by Gasteiger charge is 2.65. The smallest absolute Gasteiger partial charge is 0.335 e. The molecule has 0 bridgehead atoms. The fraction of sp³-hybridized carbons (Fsp3) is 0.972. The molecule has 12 saturated heterocycles. The molecule has 0 spiro atoms. The summed E-state index contributed by atoms with van der Waals surface area (Å²) in [7, 11) is 0. The molecule has 12 aliphatic rings. The second kappa shape index (κ2) is 45.9. The van der Waals surface area contributed by atoms with Gasteiger partial charge in [-0.25, -0.2) is 9.59 Å². The molecule has 0 radical (unpaired) electrons. The highest BCUT2D eigenvalue weighted by Crippen LogP contribution is 2.44. The summed E-state index contributed by atoms with van der Waals surface area (Å²) in [6.07, 6.45) is -143. The molecule has 12 aliphatic heterocycles. The van der Waals surface area contributed by atoms with E-state index in [-0.39, 0.29) is 0 Å². The average Bonchev–Trinajstić information content (AvgIpc) is 0.759. The summed E-state index contributed by atoms with van der Waals surface area (Å²) in [5.41, 5.74) is 0. The van der Waals surface area contributed by atoms with E-state index in [2.05, 4.69) is 0 Å². The fourth-order valence-electron chi connectivity index (χ4n) is 17.0. The van der Waals surface area contributed by atoms with E-state index in [0.717, 1.165) is 6.92 Å². The van der Waals surface area contributed by atoms with E-state index in [4.69, 9.17) is 109 Å². The van der Waals surface area contributed by atoms with Crippen LogP contribution < -0.4 is 0 Å². The molecule has 61 heteroatoms. The van der Waals surface area contributed by atoms with Gasteiger partial charge in [-0.15, -0.1) is 0 Å². The second-order valence-corrected chi connectivity index (χ2v) is 33.7. The predicted molar refractivity (Wildman–Crippen MR) is 393 cm³/mol. The SMILES string of the molecule is C[C@@H]1O[C@@H](O[C@H]2[C@H](O[C@@H]3O[C@H](CO)[C@@H](O)[C@H](O[C@H]4O[C@H](CO[C@@H]5O[C@H](CO)[C@H](O)[C@H](O)[C@H]5O)[C@@H](O)[C@H](O[C@H]5O[C@H](C(=O)O)[C@@H](O[C@@H]6O[C@@H](C)[C@H](O)[C@@H](O)[C@H]6O[C@@H]6O[C@H](CO)[C@H](O)[C@H](O)[C@H]6O)[C@H](O[C@@H]6O[C@H](CO)[C@@H](O)[C@H](O[C@H]7O[C@H](CO[C@@H]8O[C@H](CO)[C@H](O)[C@H](O)[C@H]8O)[C@@H](O)[C@H](O)[C@@H]7O)[C@H]6O)[C@H]5O[C@H]5O[C@H](CO)[C@H](O)[C@H](O)[C@H]5O)[C@@H]4O)[C@H]3O)[C@@H](O)[C@@H](O)O[C@@H]2C(=O)O)[C@H](O)[C@H](O)[C@H]1O. The lowest BCUT2D eigenvalue weighted by atomic mass is 9.94. The van der Waals surface area contributed by atoms with Crippen LogP contribution in [0.25, 0.3) is 0 Å². The van der Waals surface area contributed by atoms with Gasteiger partial charge in [0.15, 0.2) is 87.7 Å². The van der Waals surface area contributed by atoms with Crippen LogP contribution in [-0.4, -0.2) is 617 Å². The molecule has 772 valence electrons. The molecule has 133 heavy (non-hydrogen) atoms. The molecular weight excluding hydrogens is 1840 g/mol. The summed E-state index contributed by atoms with van der Waals surface area (Å²) in [6, 6.07) is 0. The molecule has 12 heterocycles. The number of carboxylic acid groups (broad SMARTS) is 2. The van der Waals surface area contributed by atoms with Gasteiger partial charge in [0, 0.05) is 0 Å². The van der Waals surface area contributed by atoms with Crippen molar-refractivity contribution in [1.82, 2.24) is 0 Å². The highest BCUT2D eigenvalue weighted by molar-refractivity contribution is 5.74. The lowest BCUT2D eigenvalue weighted by Crippen LogP contribution is -2.71. The number of aliphatic hydroxyl groups excluding tert-OH is 34. The van der Waals surface area contributed by atoms with Crippen molar-refractivity contribution in [2.24, 2.45) is 0 Å². The van der Waals surface area contributed by atoms with Gasteiger partial charge in [-0.05, 0) is 13.8 Å². The van der Waals surface area contributed by atoms with E-state index >= 15 is 0 Å². The summed E-state index contributed by atoms with van der Waals surface area (Å²) in [6.45, 7) is -7.51. The van der Waals surface area contributed by atoms with Crippen LogP contribution in [0.15, 0.2) is 0 Å². The van der Waals surface area contributed by atoms with Gasteiger partial charge in [0.25, 0.3) is 0 Å². The lowest BCUT2D eigenvalue weighted by molar-refractivity contribution is -0.425. The molecule has 0 aromatic heterocycles. The van der Waals surface area contributed by atoms with E-state index in [1.807, 2.05) is 0 Å². The van der Waals surface area contributed by atoms with E-state index in [9.17, 15) is 193 Å². The van der Waals surface area contributed by atoms with Gasteiger partial charge in [0.2, 0.25) is 0 Å². The van der Waals surface area contributed by atoms with Crippen LogP contribution in [0.2, 0.25) is 0 Å². The van der Waals surface area contributed by atoms with Crippen molar-refractivity contribution in [2.45, 2.75) is 382 Å². The summed E-state index contributed by atoms with van der Waals surface area (Å²) >= 11 is 0. The van der Waals surface area contributed by atoms with Gasteiger partial charge in [-0.3, -0.25) is 0 Å². The van der Waals surface area contributed by atoms with Crippen molar-refractivity contribution in [3.63, 3.8) is 0 Å². The van der Waals surface area contributed by atoms with Gasteiger partial charge >= 0.3 is 11.9 Å². The molecule has 0 amide bonds. The van der Waals surface area contributed by atoms with E-state index < -0.39 is 433 Å². The zero-order chi connectivity index (χ0) is 97.7. The van der Waals surface area contributed by atoms with Crippen LogP contribution in [0.5, 0.6) is 0 Å². The Morgan fingerprint density at radius 3 is 0.812 bits per heavy atom. The minimum atomic E-state index is -3.07. The van der Waals surface area contributed by atoms with Gasteiger partial charge in [0.05, 0.1) is 65.1 Å². The fourth-order valence-corrected chi connectivity index (χ4v) is 17.0. The Hall–Kier alpha value is -3.34. The molecule has 12 fully saturated rings. The summed E-state index contributed by atoms with van der Waals surface area (Å²) in [5, 5.41) is 403. The number of hydrogen-bond donors (Lipinski definition) is 36. The number of aliphatic hydroxyl groups is 34. The van der Waals surface area contributed by atoms with Crippen LogP contribution in [0.1, 0.15) is 13.8 Å². The first kappa shape index (κ1) is 108. The zero-order valence-corrected chi connectivity index (χ0v) is 69.6. The molecule has 0 aliphatic carbocycles. The van der Waals surface area contributed by atoms with Gasteiger partial charge in [-0.1, -0.05) is 0 Å². The van der Waals surface area contributed by atoms with Crippen LogP contribution in [0, 0.1) is 0 Å². The molecule has 36 N–H and O–H groups in total. The molecule has 60 atom stereocenters. The normalized spacial score (nSPS) is 53.7. The largest absolute Gasteiger partial charge is 0.479 e. The van der Waals surface area contributed by atoms with Crippen molar-refractivity contribution < 1.29 is 302 Å². The molecular formula is C72H118O61. The highest BCUT2D eigenvalue weighted by atomic mass is 16.8. The Balaban J connectivity index is 0.951. The average molecular weight is 1960 g/mol. The van der Waals surface area contributed by atoms with Crippen molar-refractivity contribution >= 4 is 11.9 Å². The molecule has 0 saturated carbocycles. The van der Waals surface area contributed by atoms with Gasteiger partial charge in [0.1, 0.15) is 269 Å². The second-order valence-electron chi connectivity index (χ2n) is 33.7. The minimum Gasteiger partial charge on any atom is -0.479 e. The van der Waals surface area contributed by atoms with E-state index in [1.165, 1.54) is 6.92 Å². The Morgan fingerprint density at radius 2 is 0.429 bits per heavy atom. The van der Waals surface area contributed by atoms with Crippen molar-refractivity contribution in [2.75, 3.05) is 52.9 Å². The number of rotatable bonds is 32. The third-order valence-electron chi connectivity index (χ3n) is 24.9. The monoisotopic (exact) mass is 1960 g/mol. The van der Waals surface area contributed by atoms with Crippen LogP contribution >= 0.6 is 0 Å². The molecule has 0 unspecified atom stereocenters. The maximum Gasteiger partial charge on any atom is 0.335 e. The maximum absolute atomic E-state index is 14.5. The first-order valence-corrected chi connectivity index (χ1v) is 41.9. The first-order chi connectivity index (χ1) is 62.8. The first-order valence-electron chi connectivity index (χ1n) is 41.9. The maximum atomic E-state index is 14.5. The molecule has 0 aromatic carbocycles. The minimum absolute atomic E-state index is 0.968. The number of carboxylic acids is 2. The Bertz CT molecular complexity index is 3600. The summed E-state index contributed by atoms with van der Waals surface area (Å²) in [5.74, 6) is -4.36. The van der Waals surface area contributed by atoms with Crippen LogP contribution in [0.4, 0.5) is 0 Å². The van der Waals surface area contributed by atoms with Crippen molar-refractivity contribution in [1.29, 1.82) is 0 Å². The van der Waals surface area contributed by atoms with Crippen LogP contribution in [0.3, 0.4) is 0 Å². The van der Waals surface area contributed by atoms with Crippen LogP contribution in [-0.2, 0) is 119 Å². The Morgan fingerprint density at radius 1 is 0.195 bits per heavy atom. The lowest BCUT2D eigenvalue weighted by Gasteiger charge is -2.52. The Labute approximate surface area is 747 Å². The topological polar surface area (TPSA) is 975 Å². The molecule has 12 rings (SSSR count). The van der Waals surface area contributed by atoms with Crippen molar-refractivity contribution in [3.8, 4) is 0 Å². The number of aliphatic carboxylic acids is 2. The molecule has 0 aromatic rings. The predicted octanol–water partition coefficient (Wildman–Crippen LogP) is -24.9. The Kier molecular flexibility index (Phi) is 37.5.